The Kier molecular flexibility index (Phi) is 7.07. The summed E-state index contributed by atoms with van der Waals surface area (Å²) in [6, 6.07) is 3.49. The van der Waals surface area contributed by atoms with Gasteiger partial charge in [0.05, 0.1) is 5.02 Å². The van der Waals surface area contributed by atoms with Gasteiger partial charge < -0.3 is 25.0 Å². The fraction of sp³-hybridized carbons (Fsp3) is 0.650. The van der Waals surface area contributed by atoms with Gasteiger partial charge in [-0.1, -0.05) is 25.4 Å². The highest BCUT2D eigenvalue weighted by Gasteiger charge is 2.21. The first kappa shape index (κ1) is 20.1. The van der Waals surface area contributed by atoms with Crippen molar-refractivity contribution in [3.05, 3.63) is 22.7 Å². The summed E-state index contributed by atoms with van der Waals surface area (Å²) in [6.45, 7) is 10.1. The molecule has 1 fully saturated rings. The Bertz CT molecular complexity index is 646. The lowest BCUT2D eigenvalue weighted by molar-refractivity contribution is 0.139. The average molecular weight is 396 g/mol. The molecule has 1 aromatic rings. The lowest BCUT2D eigenvalue weighted by atomic mass is 9.92. The molecule has 0 aliphatic carbocycles. The van der Waals surface area contributed by atoms with Crippen LogP contribution in [0.1, 0.15) is 32.3 Å². The zero-order valence-corrected chi connectivity index (χ0v) is 17.0. The van der Waals surface area contributed by atoms with Crippen molar-refractivity contribution in [1.29, 1.82) is 0 Å². The maximum absolute atomic E-state index is 12.0. The van der Waals surface area contributed by atoms with Gasteiger partial charge >= 0.3 is 6.03 Å². The molecule has 2 aliphatic heterocycles. The van der Waals surface area contributed by atoms with Gasteiger partial charge in [-0.3, -0.25) is 0 Å². The highest BCUT2D eigenvalue weighted by Crippen LogP contribution is 2.38. The Labute approximate surface area is 166 Å². The molecule has 2 unspecified atom stereocenters. The highest BCUT2D eigenvalue weighted by atomic mass is 35.5. The molecule has 0 aromatic heterocycles. The first-order valence-electron chi connectivity index (χ1n) is 9.83. The summed E-state index contributed by atoms with van der Waals surface area (Å²) in [4.78, 5) is 14.5. The molecule has 1 aromatic carbocycles. The number of hydrogen-bond donors (Lipinski definition) is 2. The zero-order valence-electron chi connectivity index (χ0n) is 16.2. The molecular formula is C20H30ClN3O3. The molecular weight excluding hydrogens is 366 g/mol. The number of nitrogens with zero attached hydrogens (tertiary/aromatic N) is 1. The van der Waals surface area contributed by atoms with Crippen molar-refractivity contribution >= 4 is 17.6 Å². The number of halogens is 1. The number of carbonyl (C=O) groups is 1. The second-order valence-electron chi connectivity index (χ2n) is 7.77. The van der Waals surface area contributed by atoms with E-state index in [0.29, 0.717) is 42.8 Å². The van der Waals surface area contributed by atoms with Gasteiger partial charge in [0.25, 0.3) is 0 Å². The SMILES string of the molecule is CC1CC(C)CN(CCCNC(=O)NCc2cc(Cl)c3c(c2)OCCO3)C1. The number of nitrogens with one attached hydrogen (secondary N) is 2. The number of likely N-dealkylation sites (tertiary alicyclic amines) is 1. The van der Waals surface area contributed by atoms with Crippen LogP contribution in [-0.4, -0.2) is 50.3 Å². The second kappa shape index (κ2) is 9.51. The van der Waals surface area contributed by atoms with Crippen molar-refractivity contribution in [3.63, 3.8) is 0 Å². The van der Waals surface area contributed by atoms with E-state index in [2.05, 4.69) is 29.4 Å². The van der Waals surface area contributed by atoms with Crippen molar-refractivity contribution < 1.29 is 14.3 Å². The Hall–Kier alpha value is -1.66. The van der Waals surface area contributed by atoms with Crippen LogP contribution in [0.3, 0.4) is 0 Å². The highest BCUT2D eigenvalue weighted by molar-refractivity contribution is 6.32. The fourth-order valence-electron chi connectivity index (χ4n) is 3.99. The molecule has 0 radical (unpaired) electrons. The predicted molar refractivity (Wildman–Crippen MR) is 107 cm³/mol. The molecule has 6 nitrogen and oxygen atoms in total. The number of hydrogen-bond acceptors (Lipinski definition) is 4. The maximum atomic E-state index is 12.0. The van der Waals surface area contributed by atoms with E-state index in [4.69, 9.17) is 21.1 Å². The van der Waals surface area contributed by atoms with Crippen molar-refractivity contribution in [1.82, 2.24) is 15.5 Å². The van der Waals surface area contributed by atoms with Crippen LogP contribution in [0.15, 0.2) is 12.1 Å². The van der Waals surface area contributed by atoms with Crippen LogP contribution in [0.5, 0.6) is 11.5 Å². The summed E-state index contributed by atoms with van der Waals surface area (Å²) in [5, 5.41) is 6.30. The second-order valence-corrected chi connectivity index (χ2v) is 8.18. The molecule has 3 rings (SSSR count). The van der Waals surface area contributed by atoms with Gasteiger partial charge in [0.15, 0.2) is 11.5 Å². The topological polar surface area (TPSA) is 62.8 Å². The van der Waals surface area contributed by atoms with Crippen molar-refractivity contribution in [2.45, 2.75) is 33.2 Å². The van der Waals surface area contributed by atoms with Crippen LogP contribution in [-0.2, 0) is 6.54 Å². The quantitative estimate of drug-likeness (QED) is 0.725. The molecule has 0 spiro atoms. The maximum Gasteiger partial charge on any atom is 0.315 e. The first-order chi connectivity index (χ1) is 13.0. The summed E-state index contributed by atoms with van der Waals surface area (Å²) < 4.78 is 11.1. The first-order valence-corrected chi connectivity index (χ1v) is 10.2. The van der Waals surface area contributed by atoms with Crippen LogP contribution in [0.4, 0.5) is 4.79 Å². The minimum Gasteiger partial charge on any atom is -0.486 e. The molecule has 2 amide bonds. The number of ether oxygens (including phenoxy) is 2. The summed E-state index contributed by atoms with van der Waals surface area (Å²) >= 11 is 6.22. The molecule has 2 atom stereocenters. The number of piperidine rings is 1. The molecule has 1 saturated heterocycles. The molecule has 27 heavy (non-hydrogen) atoms. The minimum absolute atomic E-state index is 0.165. The minimum atomic E-state index is -0.165. The van der Waals surface area contributed by atoms with Crippen LogP contribution in [0, 0.1) is 11.8 Å². The van der Waals surface area contributed by atoms with Gasteiger partial charge in [-0.2, -0.15) is 0 Å². The van der Waals surface area contributed by atoms with Gasteiger partial charge in [0, 0.05) is 26.2 Å². The number of amides is 2. The molecule has 0 bridgehead atoms. The van der Waals surface area contributed by atoms with Crippen LogP contribution in [0.25, 0.3) is 0 Å². The lowest BCUT2D eigenvalue weighted by Crippen LogP contribution is -2.41. The van der Waals surface area contributed by atoms with E-state index in [0.717, 1.165) is 30.4 Å². The van der Waals surface area contributed by atoms with E-state index in [-0.39, 0.29) is 6.03 Å². The van der Waals surface area contributed by atoms with Gasteiger partial charge in [-0.15, -0.1) is 0 Å². The third-order valence-corrected chi connectivity index (χ3v) is 5.27. The molecule has 0 saturated carbocycles. The van der Waals surface area contributed by atoms with Gasteiger partial charge in [0.2, 0.25) is 0 Å². The van der Waals surface area contributed by atoms with Crippen molar-refractivity contribution in [3.8, 4) is 11.5 Å². The molecule has 2 heterocycles. The standard InChI is InChI=1S/C20H30ClN3O3/c1-14-8-15(2)13-24(12-14)5-3-4-22-20(25)23-11-16-9-17(21)19-18(10-16)26-6-7-27-19/h9-10,14-15H,3-8,11-13H2,1-2H3,(H2,22,23,25). The molecule has 7 heteroatoms. The normalized spacial score (nSPS) is 22.3. The van der Waals surface area contributed by atoms with E-state index in [1.54, 1.807) is 6.07 Å². The largest absolute Gasteiger partial charge is 0.486 e. The van der Waals surface area contributed by atoms with Gasteiger partial charge in [-0.25, -0.2) is 4.79 Å². The summed E-state index contributed by atoms with van der Waals surface area (Å²) in [7, 11) is 0. The lowest BCUT2D eigenvalue weighted by Gasteiger charge is -2.34. The van der Waals surface area contributed by atoms with Crippen LogP contribution in [0.2, 0.25) is 5.02 Å². The third kappa shape index (κ3) is 5.91. The Balaban J connectivity index is 1.36. The van der Waals surface area contributed by atoms with Crippen LogP contribution >= 0.6 is 11.6 Å². The average Bonchev–Trinajstić information content (AvgIpc) is 2.63. The number of fused-ring (bicyclic) bond motifs is 1. The molecule has 2 aliphatic rings. The van der Waals surface area contributed by atoms with E-state index in [1.165, 1.54) is 19.5 Å². The Morgan fingerprint density at radius 2 is 1.93 bits per heavy atom. The number of urea groups is 1. The number of rotatable bonds is 6. The molecule has 2 N–H and O–H groups in total. The summed E-state index contributed by atoms with van der Waals surface area (Å²) in [5.74, 6) is 2.75. The number of benzene rings is 1. The monoisotopic (exact) mass is 395 g/mol. The van der Waals surface area contributed by atoms with E-state index < -0.39 is 0 Å². The smallest absolute Gasteiger partial charge is 0.315 e. The third-order valence-electron chi connectivity index (χ3n) is 4.99. The summed E-state index contributed by atoms with van der Waals surface area (Å²) in [6.07, 6.45) is 2.28. The fourth-order valence-corrected chi connectivity index (χ4v) is 4.28. The number of carbonyl (C=O) groups excluding carboxylic acids is 1. The Morgan fingerprint density at radius 3 is 2.70 bits per heavy atom. The predicted octanol–water partition coefficient (Wildman–Crippen LogP) is 3.28. The Morgan fingerprint density at radius 1 is 1.19 bits per heavy atom. The zero-order chi connectivity index (χ0) is 19.2. The van der Waals surface area contributed by atoms with Crippen LogP contribution < -0.4 is 20.1 Å². The van der Waals surface area contributed by atoms with Gasteiger partial charge in [0.1, 0.15) is 13.2 Å². The van der Waals surface area contributed by atoms with Gasteiger partial charge in [-0.05, 0) is 48.9 Å². The summed E-state index contributed by atoms with van der Waals surface area (Å²) in [5.41, 5.74) is 0.885. The molecule has 150 valence electrons. The van der Waals surface area contributed by atoms with E-state index in [1.807, 2.05) is 6.07 Å². The van der Waals surface area contributed by atoms with E-state index in [9.17, 15) is 4.79 Å². The van der Waals surface area contributed by atoms with Crippen molar-refractivity contribution in [2.75, 3.05) is 39.4 Å². The van der Waals surface area contributed by atoms with E-state index >= 15 is 0 Å². The van der Waals surface area contributed by atoms with Crippen molar-refractivity contribution in [2.24, 2.45) is 11.8 Å².